The molecule has 0 atom stereocenters. The first-order valence-electron chi connectivity index (χ1n) is 12.9. The Morgan fingerprint density at radius 2 is 1.67 bits per heavy atom. The molecule has 4 aromatic carbocycles. The fraction of sp³-hybridized carbons (Fsp3) is 0.125. The van der Waals surface area contributed by atoms with Gasteiger partial charge in [-0.2, -0.15) is 5.26 Å². The van der Waals surface area contributed by atoms with Crippen molar-refractivity contribution in [2.75, 3.05) is 11.9 Å². The van der Waals surface area contributed by atoms with Gasteiger partial charge < -0.3 is 19.5 Å². The summed E-state index contributed by atoms with van der Waals surface area (Å²) in [4.78, 5) is 23.5. The normalized spacial score (nSPS) is 10.8. The van der Waals surface area contributed by atoms with Gasteiger partial charge in [-0.05, 0) is 88.7 Å². The van der Waals surface area contributed by atoms with Crippen molar-refractivity contribution in [2.24, 2.45) is 0 Å². The second-order valence-electron chi connectivity index (χ2n) is 8.90. The van der Waals surface area contributed by atoms with Crippen molar-refractivity contribution in [1.82, 2.24) is 0 Å². The number of halogens is 1. The Morgan fingerprint density at radius 3 is 2.36 bits per heavy atom. The number of nitro benzene ring substituents is 1. The number of carbonyl (C=O) groups excluding carboxylic acids is 1. The van der Waals surface area contributed by atoms with Crippen molar-refractivity contribution in [3.8, 4) is 23.3 Å². The molecule has 1 amide bonds. The molecule has 0 unspecified atom stereocenters. The molecule has 0 saturated carbocycles. The molecule has 0 spiro atoms. The van der Waals surface area contributed by atoms with E-state index >= 15 is 0 Å². The minimum atomic E-state index is -0.561. The van der Waals surface area contributed by atoms with E-state index in [9.17, 15) is 20.2 Å². The summed E-state index contributed by atoms with van der Waals surface area (Å²) in [6, 6.07) is 28.3. The summed E-state index contributed by atoms with van der Waals surface area (Å²) in [6.07, 6.45) is 1.47. The van der Waals surface area contributed by atoms with Gasteiger partial charge in [0.25, 0.3) is 11.6 Å². The van der Waals surface area contributed by atoms with E-state index in [1.165, 1.54) is 18.2 Å². The molecule has 0 aliphatic heterocycles. The summed E-state index contributed by atoms with van der Waals surface area (Å²) in [6.45, 7) is 2.70. The molecule has 9 nitrogen and oxygen atoms in total. The second-order valence-corrected chi connectivity index (χ2v) is 10.1. The molecule has 0 aliphatic carbocycles. The van der Waals surface area contributed by atoms with Gasteiger partial charge in [0, 0.05) is 17.8 Å². The van der Waals surface area contributed by atoms with Crippen LogP contribution >= 0.6 is 22.6 Å². The van der Waals surface area contributed by atoms with Crippen LogP contribution in [0.2, 0.25) is 0 Å². The molecular weight excluding hydrogens is 649 g/mol. The summed E-state index contributed by atoms with van der Waals surface area (Å²) >= 11 is 2.08. The molecule has 0 bridgehead atoms. The van der Waals surface area contributed by atoms with Gasteiger partial charge in [0.1, 0.15) is 30.6 Å². The Balaban J connectivity index is 1.45. The molecule has 10 heteroatoms. The average molecular weight is 675 g/mol. The number of nitrogens with one attached hydrogen (secondary N) is 1. The maximum absolute atomic E-state index is 12.9. The number of hydrogen-bond donors (Lipinski definition) is 1. The highest BCUT2D eigenvalue weighted by Crippen LogP contribution is 2.36. The van der Waals surface area contributed by atoms with E-state index < -0.39 is 10.8 Å². The first-order valence-corrected chi connectivity index (χ1v) is 14.0. The van der Waals surface area contributed by atoms with Crippen LogP contribution < -0.4 is 19.5 Å². The zero-order valence-corrected chi connectivity index (χ0v) is 24.7. The average Bonchev–Trinajstić information content (AvgIpc) is 3.00. The Labute approximate surface area is 256 Å². The largest absolute Gasteiger partial charge is 0.490 e. The van der Waals surface area contributed by atoms with Crippen molar-refractivity contribution < 1.29 is 23.9 Å². The van der Waals surface area contributed by atoms with Crippen LogP contribution in [0.4, 0.5) is 11.4 Å². The number of ether oxygens (including phenoxy) is 3. The quantitative estimate of drug-likeness (QED) is 0.0550. The number of nitriles is 1. The van der Waals surface area contributed by atoms with Gasteiger partial charge in [-0.1, -0.05) is 42.5 Å². The van der Waals surface area contributed by atoms with Gasteiger partial charge in [-0.15, -0.1) is 0 Å². The number of amides is 1. The standard InChI is InChI=1S/C32H26IN3O6/c1-2-40-30-18-24(17-29(33)31(30)42-21-23-9-6-10-27(16-23)36(38)39)15-25(19-34)32(37)35-26-11-13-28(14-12-26)41-20-22-7-4-3-5-8-22/h3-18H,2,20-21H2,1H3,(H,35,37)/b25-15+. The van der Waals surface area contributed by atoms with Crippen molar-refractivity contribution in [3.05, 3.63) is 127 Å². The van der Waals surface area contributed by atoms with Crippen LogP contribution in [-0.2, 0) is 18.0 Å². The van der Waals surface area contributed by atoms with E-state index in [1.54, 1.807) is 48.5 Å². The number of anilines is 1. The van der Waals surface area contributed by atoms with Crippen molar-refractivity contribution in [1.29, 1.82) is 5.26 Å². The summed E-state index contributed by atoms with van der Waals surface area (Å²) in [5, 5.41) is 23.5. The maximum atomic E-state index is 12.9. The first kappa shape index (κ1) is 30.1. The van der Waals surface area contributed by atoms with Crippen molar-refractivity contribution >= 4 is 45.9 Å². The van der Waals surface area contributed by atoms with E-state index in [0.29, 0.717) is 50.8 Å². The van der Waals surface area contributed by atoms with Gasteiger partial charge in [0.2, 0.25) is 0 Å². The second kappa shape index (κ2) is 14.7. The van der Waals surface area contributed by atoms with E-state index in [-0.39, 0.29) is 17.9 Å². The molecule has 4 aromatic rings. The fourth-order valence-corrected chi connectivity index (χ4v) is 4.66. The zero-order chi connectivity index (χ0) is 29.9. The van der Waals surface area contributed by atoms with E-state index in [0.717, 1.165) is 5.56 Å². The number of non-ortho nitro benzene ring substituents is 1. The van der Waals surface area contributed by atoms with E-state index in [4.69, 9.17) is 14.2 Å². The number of nitro groups is 1. The highest BCUT2D eigenvalue weighted by atomic mass is 127. The van der Waals surface area contributed by atoms with Crippen LogP contribution in [0.3, 0.4) is 0 Å². The lowest BCUT2D eigenvalue weighted by Crippen LogP contribution is -2.13. The summed E-state index contributed by atoms with van der Waals surface area (Å²) in [7, 11) is 0. The van der Waals surface area contributed by atoms with E-state index in [1.807, 2.05) is 43.3 Å². The van der Waals surface area contributed by atoms with Crippen LogP contribution in [0, 0.1) is 25.0 Å². The highest BCUT2D eigenvalue weighted by Gasteiger charge is 2.16. The molecule has 212 valence electrons. The molecule has 0 radical (unpaired) electrons. The molecule has 0 aliphatic rings. The zero-order valence-electron chi connectivity index (χ0n) is 22.6. The van der Waals surface area contributed by atoms with Crippen LogP contribution in [0.5, 0.6) is 17.2 Å². The summed E-state index contributed by atoms with van der Waals surface area (Å²) in [5.41, 5.74) is 2.65. The third-order valence-electron chi connectivity index (χ3n) is 5.87. The van der Waals surface area contributed by atoms with Gasteiger partial charge in [-0.3, -0.25) is 14.9 Å². The predicted octanol–water partition coefficient (Wildman–Crippen LogP) is 7.30. The van der Waals surface area contributed by atoms with Gasteiger partial charge in [0.15, 0.2) is 11.5 Å². The number of benzene rings is 4. The predicted molar refractivity (Wildman–Crippen MR) is 167 cm³/mol. The molecule has 4 rings (SSSR count). The minimum absolute atomic E-state index is 0.0223. The summed E-state index contributed by atoms with van der Waals surface area (Å²) < 4.78 is 18.2. The Bertz CT molecular complexity index is 1630. The minimum Gasteiger partial charge on any atom is -0.490 e. The molecule has 0 aromatic heterocycles. The lowest BCUT2D eigenvalue weighted by molar-refractivity contribution is -0.384. The number of carbonyl (C=O) groups is 1. The van der Waals surface area contributed by atoms with Crippen molar-refractivity contribution in [3.63, 3.8) is 0 Å². The van der Waals surface area contributed by atoms with Gasteiger partial charge in [-0.25, -0.2) is 0 Å². The summed E-state index contributed by atoms with van der Waals surface area (Å²) in [5.74, 6) is 0.969. The van der Waals surface area contributed by atoms with Crippen LogP contribution in [0.25, 0.3) is 6.08 Å². The molecule has 0 fully saturated rings. The molecular formula is C32H26IN3O6. The van der Waals surface area contributed by atoms with Gasteiger partial charge >= 0.3 is 0 Å². The van der Waals surface area contributed by atoms with Crippen LogP contribution in [0.15, 0.2) is 96.6 Å². The number of rotatable bonds is 12. The third-order valence-corrected chi connectivity index (χ3v) is 6.67. The van der Waals surface area contributed by atoms with Crippen LogP contribution in [-0.4, -0.2) is 17.4 Å². The highest BCUT2D eigenvalue weighted by molar-refractivity contribution is 14.1. The van der Waals surface area contributed by atoms with Crippen LogP contribution in [0.1, 0.15) is 23.6 Å². The molecule has 42 heavy (non-hydrogen) atoms. The molecule has 0 heterocycles. The Kier molecular flexibility index (Phi) is 10.5. The monoisotopic (exact) mass is 675 g/mol. The Hall–Kier alpha value is -4.89. The van der Waals surface area contributed by atoms with Gasteiger partial charge in [0.05, 0.1) is 15.1 Å². The number of hydrogen-bond acceptors (Lipinski definition) is 7. The molecule has 0 saturated heterocycles. The van der Waals surface area contributed by atoms with E-state index in [2.05, 4.69) is 27.9 Å². The topological polar surface area (TPSA) is 124 Å². The smallest absolute Gasteiger partial charge is 0.269 e. The fourth-order valence-electron chi connectivity index (χ4n) is 3.88. The SMILES string of the molecule is CCOc1cc(/C=C(\C#N)C(=O)Nc2ccc(OCc3ccccc3)cc2)cc(I)c1OCc1cccc([N+](=O)[O-])c1. The molecule has 1 N–H and O–H groups in total. The Morgan fingerprint density at radius 1 is 0.952 bits per heavy atom. The first-order chi connectivity index (χ1) is 20.4. The lowest BCUT2D eigenvalue weighted by Gasteiger charge is -2.15. The number of nitrogens with zero attached hydrogens (tertiary/aromatic N) is 2. The van der Waals surface area contributed by atoms with Crippen molar-refractivity contribution in [2.45, 2.75) is 20.1 Å². The third kappa shape index (κ3) is 8.31. The maximum Gasteiger partial charge on any atom is 0.269 e. The lowest BCUT2D eigenvalue weighted by atomic mass is 10.1.